The fourth-order valence-electron chi connectivity index (χ4n) is 2.96. The van der Waals surface area contributed by atoms with Gasteiger partial charge in [0.1, 0.15) is 6.21 Å². The molecule has 2 aliphatic heterocycles. The van der Waals surface area contributed by atoms with E-state index in [1.165, 1.54) is 12.4 Å². The van der Waals surface area contributed by atoms with Gasteiger partial charge in [0, 0.05) is 22.3 Å². The Balaban J connectivity index is 2.06. The molecule has 21 heavy (non-hydrogen) atoms. The van der Waals surface area contributed by atoms with Crippen molar-refractivity contribution in [3.63, 3.8) is 0 Å². The maximum atomic E-state index is 14.6. The number of nitrogens with zero attached hydrogens (tertiary/aromatic N) is 2. The summed E-state index contributed by atoms with van der Waals surface area (Å²) in [5.74, 6) is 0. The summed E-state index contributed by atoms with van der Waals surface area (Å²) in [5.41, 5.74) is 2.82. The highest BCUT2D eigenvalue weighted by Crippen LogP contribution is 2.38. The van der Waals surface area contributed by atoms with Crippen LogP contribution in [0.25, 0.3) is 5.57 Å². The molecule has 3 heterocycles. The Hall–Kier alpha value is -1.95. The Morgan fingerprint density at radius 2 is 2.00 bits per heavy atom. The highest BCUT2D eigenvalue weighted by atomic mass is 79.9. The van der Waals surface area contributed by atoms with Crippen LogP contribution in [0.5, 0.6) is 0 Å². The van der Waals surface area contributed by atoms with E-state index in [-0.39, 0.29) is 0 Å². The lowest BCUT2D eigenvalue weighted by Crippen LogP contribution is -2.49. The molecule has 0 atom stereocenters. The maximum Gasteiger partial charge on any atom is 0.737 e. The summed E-state index contributed by atoms with van der Waals surface area (Å²) in [6.07, 6.45) is 6.28. The minimum atomic E-state index is -3.82. The third kappa shape index (κ3) is 1.72. The Morgan fingerprint density at radius 3 is 2.81 bits per heavy atom. The van der Waals surface area contributed by atoms with Gasteiger partial charge >= 0.3 is 6.97 Å². The highest BCUT2D eigenvalue weighted by molar-refractivity contribution is 9.10. The number of hydrogen-bond donors (Lipinski definition) is 0. The minimum absolute atomic E-state index is 0.546. The van der Waals surface area contributed by atoms with Gasteiger partial charge in [0.15, 0.2) is 5.70 Å². The zero-order valence-electron chi connectivity index (χ0n) is 10.9. The topological polar surface area (TPSA) is 7.94 Å². The van der Waals surface area contributed by atoms with Crippen LogP contribution in [0.2, 0.25) is 0 Å². The van der Waals surface area contributed by atoms with Crippen LogP contribution in [-0.4, -0.2) is 22.1 Å². The van der Waals surface area contributed by atoms with Crippen molar-refractivity contribution >= 4 is 34.7 Å². The summed E-state index contributed by atoms with van der Waals surface area (Å²) in [7, 11) is 0. The van der Waals surface area contributed by atoms with E-state index in [9.17, 15) is 8.63 Å². The SMILES string of the molecule is F[B-]1(F)n2cccc2C(c2cccc(Br)c2)=C2C=CC=[N+]21. The van der Waals surface area contributed by atoms with Crippen molar-refractivity contribution in [2.45, 2.75) is 0 Å². The lowest BCUT2D eigenvalue weighted by atomic mass is 9.86. The molecule has 1 aromatic heterocycles. The summed E-state index contributed by atoms with van der Waals surface area (Å²) in [6, 6.07) is 11.1. The summed E-state index contributed by atoms with van der Waals surface area (Å²) in [4.78, 5) is 0. The van der Waals surface area contributed by atoms with E-state index in [2.05, 4.69) is 15.9 Å². The van der Waals surface area contributed by atoms with E-state index in [4.69, 9.17) is 0 Å². The molecule has 1 aromatic carbocycles. The molecule has 0 spiro atoms. The van der Waals surface area contributed by atoms with Gasteiger partial charge in [0.2, 0.25) is 0 Å². The fourth-order valence-corrected chi connectivity index (χ4v) is 3.36. The van der Waals surface area contributed by atoms with E-state index in [0.29, 0.717) is 11.4 Å². The number of hydrogen-bond acceptors (Lipinski definition) is 0. The third-order valence-electron chi connectivity index (χ3n) is 3.85. The minimum Gasteiger partial charge on any atom is -0.396 e. The molecule has 2 nitrogen and oxygen atoms in total. The predicted octanol–water partition coefficient (Wildman–Crippen LogP) is 3.90. The van der Waals surface area contributed by atoms with Gasteiger partial charge in [-0.1, -0.05) is 28.1 Å². The molecule has 6 heteroatoms. The first-order chi connectivity index (χ1) is 10.1. The number of halogens is 3. The van der Waals surface area contributed by atoms with Crippen molar-refractivity contribution in [3.05, 3.63) is 76.2 Å². The lowest BCUT2D eigenvalue weighted by Gasteiger charge is -2.30. The molecule has 0 N–H and O–H groups in total. The van der Waals surface area contributed by atoms with Crippen LogP contribution in [-0.2, 0) is 0 Å². The molecule has 2 aromatic rings. The second kappa shape index (κ2) is 4.27. The van der Waals surface area contributed by atoms with Crippen LogP contribution in [0.1, 0.15) is 11.3 Å². The van der Waals surface area contributed by atoms with Gasteiger partial charge in [-0.2, -0.15) is 0 Å². The number of aromatic nitrogens is 1. The molecule has 0 unspecified atom stereocenters. The van der Waals surface area contributed by atoms with Gasteiger partial charge in [0.05, 0.1) is 5.57 Å². The second-order valence-corrected chi connectivity index (χ2v) is 5.99. The molecular formula is C15H10BBrF2N2. The standard InChI is InChI=1S/C15H10BBrF2N2/c17-12-5-1-4-11(10-12)15-13-6-2-8-20(13)16(18,19)21-9-3-7-14(15)21/h1-10H. The molecule has 2 aliphatic rings. The fraction of sp³-hybridized carbons (Fsp3) is 0. The number of rotatable bonds is 1. The maximum absolute atomic E-state index is 14.6. The van der Waals surface area contributed by atoms with Crippen LogP contribution in [0.15, 0.2) is 64.9 Å². The molecule has 0 radical (unpaired) electrons. The van der Waals surface area contributed by atoms with Crippen molar-refractivity contribution < 1.29 is 13.1 Å². The van der Waals surface area contributed by atoms with Gasteiger partial charge in [-0.05, 0) is 36.0 Å². The second-order valence-electron chi connectivity index (χ2n) is 5.08. The zero-order chi connectivity index (χ0) is 14.6. The molecule has 0 saturated heterocycles. The van der Waals surface area contributed by atoms with E-state index < -0.39 is 6.97 Å². The van der Waals surface area contributed by atoms with Gasteiger partial charge in [0.25, 0.3) is 0 Å². The van der Waals surface area contributed by atoms with Crippen LogP contribution in [0, 0.1) is 0 Å². The van der Waals surface area contributed by atoms with E-state index >= 15 is 0 Å². The first kappa shape index (κ1) is 12.8. The monoisotopic (exact) mass is 346 g/mol. The van der Waals surface area contributed by atoms with Crippen molar-refractivity contribution in [1.29, 1.82) is 0 Å². The number of benzene rings is 1. The third-order valence-corrected chi connectivity index (χ3v) is 4.35. The molecule has 0 fully saturated rings. The zero-order valence-corrected chi connectivity index (χ0v) is 12.5. The van der Waals surface area contributed by atoms with Crippen molar-refractivity contribution in [1.82, 2.24) is 4.48 Å². The smallest absolute Gasteiger partial charge is 0.396 e. The Kier molecular flexibility index (Phi) is 2.60. The average molecular weight is 347 g/mol. The van der Waals surface area contributed by atoms with Gasteiger partial charge < -0.3 is 17.6 Å². The van der Waals surface area contributed by atoms with Gasteiger partial charge in [-0.15, -0.1) is 0 Å². The summed E-state index contributed by atoms with van der Waals surface area (Å²) in [5, 5.41) is 0. The Morgan fingerprint density at radius 1 is 1.14 bits per heavy atom. The van der Waals surface area contributed by atoms with Crippen molar-refractivity contribution in [2.24, 2.45) is 0 Å². The quantitative estimate of drug-likeness (QED) is 0.692. The van der Waals surface area contributed by atoms with Gasteiger partial charge in [-0.3, -0.25) is 0 Å². The average Bonchev–Trinajstić information content (AvgIpc) is 3.08. The first-order valence-electron chi connectivity index (χ1n) is 6.59. The predicted molar refractivity (Wildman–Crippen MR) is 83.4 cm³/mol. The molecular weight excluding hydrogens is 337 g/mol. The van der Waals surface area contributed by atoms with Crippen molar-refractivity contribution in [3.8, 4) is 0 Å². The highest BCUT2D eigenvalue weighted by Gasteiger charge is 2.51. The van der Waals surface area contributed by atoms with Crippen LogP contribution >= 0.6 is 15.9 Å². The number of fused-ring (bicyclic) bond motifs is 2. The molecule has 104 valence electrons. The molecule has 4 rings (SSSR count). The Labute approximate surface area is 128 Å². The van der Waals surface area contributed by atoms with Crippen LogP contribution in [0.3, 0.4) is 0 Å². The Bertz CT molecular complexity index is 849. The molecule has 0 aliphatic carbocycles. The largest absolute Gasteiger partial charge is 0.737 e. The van der Waals surface area contributed by atoms with E-state index in [1.54, 1.807) is 24.3 Å². The van der Waals surface area contributed by atoms with Crippen LogP contribution < -0.4 is 0 Å². The van der Waals surface area contributed by atoms with E-state index in [1.807, 2.05) is 24.3 Å². The molecule has 0 saturated carbocycles. The van der Waals surface area contributed by atoms with Crippen LogP contribution in [0.4, 0.5) is 8.63 Å². The normalized spacial score (nSPS) is 18.5. The van der Waals surface area contributed by atoms with Gasteiger partial charge in [-0.25, -0.2) is 0 Å². The molecule has 0 bridgehead atoms. The van der Waals surface area contributed by atoms with Crippen molar-refractivity contribution in [2.75, 3.05) is 0 Å². The molecule has 0 amide bonds. The first-order valence-corrected chi connectivity index (χ1v) is 7.38. The summed E-state index contributed by atoms with van der Waals surface area (Å²) >= 11 is 3.44. The van der Waals surface area contributed by atoms with E-state index in [0.717, 1.165) is 24.6 Å². The lowest BCUT2D eigenvalue weighted by molar-refractivity contribution is -0.356. The number of allylic oxidation sites excluding steroid dienone is 2. The summed E-state index contributed by atoms with van der Waals surface area (Å²) in [6.45, 7) is -3.82. The summed E-state index contributed by atoms with van der Waals surface area (Å²) < 4.78 is 32.2.